The Morgan fingerprint density at radius 2 is 2.30 bits per heavy atom. The maximum atomic E-state index is 10.7. The zero-order valence-corrected chi connectivity index (χ0v) is 5.45. The van der Waals surface area contributed by atoms with Gasteiger partial charge in [-0.05, 0) is 0 Å². The third-order valence-corrected chi connectivity index (χ3v) is 2.67. The molecule has 3 aliphatic rings. The molecular weight excluding hydrogens is 132 g/mol. The lowest BCUT2D eigenvalue weighted by Gasteiger charge is -2.07. The highest BCUT2D eigenvalue weighted by Gasteiger charge is 2.60. The van der Waals surface area contributed by atoms with Crippen LogP contribution in [0.25, 0.3) is 0 Å². The molecule has 2 aliphatic heterocycles. The van der Waals surface area contributed by atoms with E-state index in [4.69, 9.17) is 9.47 Å². The fourth-order valence-corrected chi connectivity index (χ4v) is 2.13. The second-order valence-electron chi connectivity index (χ2n) is 3.27. The average molecular weight is 140 g/mol. The van der Waals surface area contributed by atoms with Crippen LogP contribution in [0.2, 0.25) is 0 Å². The molecule has 3 heteroatoms. The number of fused-ring (bicyclic) bond motifs is 3. The average Bonchev–Trinajstić information content (AvgIpc) is 2.40. The van der Waals surface area contributed by atoms with Crippen LogP contribution in [0.15, 0.2) is 0 Å². The van der Waals surface area contributed by atoms with Crippen LogP contribution in [0.5, 0.6) is 0 Å². The van der Waals surface area contributed by atoms with E-state index in [0.29, 0.717) is 24.5 Å². The van der Waals surface area contributed by atoms with Gasteiger partial charge in [-0.15, -0.1) is 0 Å². The van der Waals surface area contributed by atoms with Crippen molar-refractivity contribution in [3.63, 3.8) is 0 Å². The van der Waals surface area contributed by atoms with Gasteiger partial charge in [0, 0.05) is 12.3 Å². The minimum atomic E-state index is -0.0380. The zero-order chi connectivity index (χ0) is 6.72. The monoisotopic (exact) mass is 140 g/mol. The molecule has 0 aromatic rings. The van der Waals surface area contributed by atoms with E-state index in [1.165, 1.54) is 0 Å². The van der Waals surface area contributed by atoms with Gasteiger partial charge in [-0.2, -0.15) is 0 Å². The van der Waals surface area contributed by atoms with Gasteiger partial charge >= 0.3 is 5.97 Å². The molecule has 0 radical (unpaired) electrons. The minimum Gasteiger partial charge on any atom is -0.462 e. The Morgan fingerprint density at radius 3 is 3.10 bits per heavy atom. The van der Waals surface area contributed by atoms with E-state index in [0.717, 1.165) is 6.42 Å². The first-order chi connectivity index (χ1) is 4.84. The van der Waals surface area contributed by atoms with Gasteiger partial charge in [0.15, 0.2) is 0 Å². The van der Waals surface area contributed by atoms with Crippen molar-refractivity contribution in [2.24, 2.45) is 5.92 Å². The molecule has 2 saturated heterocycles. The molecule has 0 spiro atoms. The minimum absolute atomic E-state index is 0.0380. The first-order valence-electron chi connectivity index (χ1n) is 3.69. The molecule has 0 N–H and O–H groups in total. The van der Waals surface area contributed by atoms with Gasteiger partial charge in [-0.3, -0.25) is 4.79 Å². The van der Waals surface area contributed by atoms with Gasteiger partial charge in [0.25, 0.3) is 0 Å². The summed E-state index contributed by atoms with van der Waals surface area (Å²) in [5, 5.41) is 0. The maximum absolute atomic E-state index is 10.7. The SMILES string of the molecule is O=C1CC2C(C[C@@H]3O[C@H]23)O1. The van der Waals surface area contributed by atoms with Crippen LogP contribution >= 0.6 is 0 Å². The largest absolute Gasteiger partial charge is 0.462 e. The molecule has 3 nitrogen and oxygen atoms in total. The molecule has 4 atom stereocenters. The van der Waals surface area contributed by atoms with Gasteiger partial charge in [0.2, 0.25) is 0 Å². The van der Waals surface area contributed by atoms with Gasteiger partial charge in [0.1, 0.15) is 6.10 Å². The lowest BCUT2D eigenvalue weighted by atomic mass is 10.0. The number of carbonyl (C=O) groups excluding carboxylic acids is 1. The molecule has 3 rings (SSSR count). The van der Waals surface area contributed by atoms with Gasteiger partial charge in [-0.25, -0.2) is 0 Å². The number of carbonyl (C=O) groups is 1. The Kier molecular flexibility index (Phi) is 0.703. The summed E-state index contributed by atoms with van der Waals surface area (Å²) < 4.78 is 10.3. The number of ether oxygens (including phenoxy) is 2. The van der Waals surface area contributed by atoms with Crippen molar-refractivity contribution in [3.05, 3.63) is 0 Å². The van der Waals surface area contributed by atoms with Crippen LogP contribution in [0.4, 0.5) is 0 Å². The normalized spacial score (nSPS) is 55.8. The van der Waals surface area contributed by atoms with E-state index in [2.05, 4.69) is 0 Å². The van der Waals surface area contributed by atoms with Crippen LogP contribution in [0.3, 0.4) is 0 Å². The summed E-state index contributed by atoms with van der Waals surface area (Å²) in [6.07, 6.45) is 2.54. The van der Waals surface area contributed by atoms with Crippen LogP contribution < -0.4 is 0 Å². The van der Waals surface area contributed by atoms with E-state index in [-0.39, 0.29) is 12.1 Å². The number of hydrogen-bond acceptors (Lipinski definition) is 3. The van der Waals surface area contributed by atoms with Crippen molar-refractivity contribution in [2.75, 3.05) is 0 Å². The van der Waals surface area contributed by atoms with E-state index in [9.17, 15) is 4.79 Å². The second-order valence-corrected chi connectivity index (χ2v) is 3.27. The maximum Gasteiger partial charge on any atom is 0.306 e. The van der Waals surface area contributed by atoms with E-state index in [1.54, 1.807) is 0 Å². The molecule has 1 aliphatic carbocycles. The first-order valence-corrected chi connectivity index (χ1v) is 3.69. The van der Waals surface area contributed by atoms with Crippen molar-refractivity contribution in [1.82, 2.24) is 0 Å². The van der Waals surface area contributed by atoms with E-state index < -0.39 is 0 Å². The molecule has 2 heterocycles. The molecule has 54 valence electrons. The Labute approximate surface area is 58.3 Å². The quantitative estimate of drug-likeness (QED) is 0.353. The summed E-state index contributed by atoms with van der Waals surface area (Å²) in [5.41, 5.74) is 0. The molecule has 0 bridgehead atoms. The molecule has 0 aromatic heterocycles. The summed E-state index contributed by atoms with van der Waals surface area (Å²) in [6, 6.07) is 0. The number of epoxide rings is 1. The first kappa shape index (κ1) is 5.13. The molecule has 2 unspecified atom stereocenters. The van der Waals surface area contributed by atoms with Crippen molar-refractivity contribution >= 4 is 5.97 Å². The van der Waals surface area contributed by atoms with E-state index >= 15 is 0 Å². The number of rotatable bonds is 0. The highest BCUT2D eigenvalue weighted by atomic mass is 16.6. The lowest BCUT2D eigenvalue weighted by Crippen LogP contribution is -2.14. The summed E-state index contributed by atoms with van der Waals surface area (Å²) in [6.45, 7) is 0. The van der Waals surface area contributed by atoms with Crippen LogP contribution in [-0.4, -0.2) is 24.3 Å². The zero-order valence-electron chi connectivity index (χ0n) is 5.45. The lowest BCUT2D eigenvalue weighted by molar-refractivity contribution is -0.141. The fraction of sp³-hybridized carbons (Fsp3) is 0.857. The Hall–Kier alpha value is -0.570. The highest BCUT2D eigenvalue weighted by molar-refractivity contribution is 5.72. The summed E-state index contributed by atoms with van der Waals surface area (Å²) in [4.78, 5) is 10.7. The van der Waals surface area contributed by atoms with Crippen molar-refractivity contribution in [1.29, 1.82) is 0 Å². The predicted octanol–water partition coefficient (Wildman–Crippen LogP) is 0.0892. The predicted molar refractivity (Wildman–Crippen MR) is 31.3 cm³/mol. The van der Waals surface area contributed by atoms with Crippen LogP contribution in [0, 0.1) is 5.92 Å². The van der Waals surface area contributed by atoms with Crippen LogP contribution in [-0.2, 0) is 14.3 Å². The number of esters is 1. The van der Waals surface area contributed by atoms with Crippen molar-refractivity contribution < 1.29 is 14.3 Å². The molecule has 0 amide bonds. The molecule has 0 aromatic carbocycles. The Morgan fingerprint density at radius 1 is 1.40 bits per heavy atom. The number of hydrogen-bond donors (Lipinski definition) is 0. The Balaban J connectivity index is 1.88. The molecule has 10 heavy (non-hydrogen) atoms. The molecular formula is C7H8O3. The van der Waals surface area contributed by atoms with E-state index in [1.807, 2.05) is 0 Å². The van der Waals surface area contributed by atoms with Gasteiger partial charge < -0.3 is 9.47 Å². The third-order valence-electron chi connectivity index (χ3n) is 2.67. The molecule has 3 fully saturated rings. The third kappa shape index (κ3) is 0.475. The summed E-state index contributed by atoms with van der Waals surface area (Å²) >= 11 is 0. The summed E-state index contributed by atoms with van der Waals surface area (Å²) in [5.74, 6) is 0.362. The van der Waals surface area contributed by atoms with Crippen LogP contribution in [0.1, 0.15) is 12.8 Å². The highest BCUT2D eigenvalue weighted by Crippen LogP contribution is 2.48. The molecule has 1 saturated carbocycles. The van der Waals surface area contributed by atoms with Crippen molar-refractivity contribution in [3.8, 4) is 0 Å². The Bertz CT molecular complexity index is 201. The standard InChI is InChI=1S/C7H8O3/c8-6-1-3-4(9-6)2-5-7(3)10-5/h3-5,7H,1-2H2/t3?,4?,5-,7+/m0/s1. The topological polar surface area (TPSA) is 38.8 Å². The van der Waals surface area contributed by atoms with Gasteiger partial charge in [-0.1, -0.05) is 0 Å². The fourth-order valence-electron chi connectivity index (χ4n) is 2.13. The smallest absolute Gasteiger partial charge is 0.306 e. The van der Waals surface area contributed by atoms with Gasteiger partial charge in [0.05, 0.1) is 18.6 Å². The second kappa shape index (κ2) is 1.37. The van der Waals surface area contributed by atoms with Crippen molar-refractivity contribution in [2.45, 2.75) is 31.2 Å². The summed E-state index contributed by atoms with van der Waals surface area (Å²) in [7, 11) is 0.